The highest BCUT2D eigenvalue weighted by atomic mass is 16.3. The van der Waals surface area contributed by atoms with Crippen LogP contribution in [0.3, 0.4) is 0 Å². The minimum absolute atomic E-state index is 0.180. The highest BCUT2D eigenvalue weighted by molar-refractivity contribution is 6.01. The van der Waals surface area contributed by atoms with Crippen molar-refractivity contribution in [3.63, 3.8) is 0 Å². The number of nitrogens with one attached hydrogen (secondary N) is 2. The van der Waals surface area contributed by atoms with E-state index in [4.69, 9.17) is 5.73 Å². The van der Waals surface area contributed by atoms with Gasteiger partial charge in [-0.05, 0) is 12.1 Å². The number of hydrogen-bond acceptors (Lipinski definition) is 7. The number of nitrogen functional groups attached to an aromatic ring is 1. The van der Waals surface area contributed by atoms with Crippen molar-refractivity contribution in [2.75, 3.05) is 24.3 Å². The molecule has 8 heteroatoms. The fraction of sp³-hybridized carbons (Fsp3) is 0.214. The van der Waals surface area contributed by atoms with Crippen LogP contribution in [0.25, 0.3) is 22.3 Å². The molecule has 0 spiro atoms. The van der Waals surface area contributed by atoms with E-state index in [1.54, 1.807) is 30.7 Å². The van der Waals surface area contributed by atoms with Crippen molar-refractivity contribution in [2.45, 2.75) is 6.04 Å². The molecular weight excluding hydrogens is 284 g/mol. The fourth-order valence-corrected chi connectivity index (χ4v) is 2.27. The van der Waals surface area contributed by atoms with E-state index in [1.165, 1.54) is 0 Å². The van der Waals surface area contributed by atoms with Crippen LogP contribution in [0.2, 0.25) is 0 Å². The van der Waals surface area contributed by atoms with Crippen LogP contribution < -0.4 is 11.1 Å². The summed E-state index contributed by atoms with van der Waals surface area (Å²) >= 11 is 0. The summed E-state index contributed by atoms with van der Waals surface area (Å²) < 4.78 is 0. The van der Waals surface area contributed by atoms with Gasteiger partial charge in [-0.2, -0.15) is 0 Å². The molecule has 0 aliphatic carbocycles. The number of hydrogen-bond donors (Lipinski definition) is 5. The molecule has 3 heterocycles. The number of H-pyrrole nitrogens is 1. The van der Waals surface area contributed by atoms with E-state index in [0.717, 1.165) is 16.6 Å². The van der Waals surface area contributed by atoms with Crippen molar-refractivity contribution in [2.24, 2.45) is 0 Å². The predicted molar refractivity (Wildman–Crippen MR) is 83.1 cm³/mol. The molecule has 22 heavy (non-hydrogen) atoms. The molecule has 0 aliphatic heterocycles. The lowest BCUT2D eigenvalue weighted by atomic mass is 10.1. The Bertz CT molecular complexity index is 784. The molecule has 0 aromatic carbocycles. The summed E-state index contributed by atoms with van der Waals surface area (Å²) in [6.07, 6.45) is 5.02. The Balaban J connectivity index is 2.12. The molecule has 114 valence electrons. The zero-order chi connectivity index (χ0) is 15.5. The molecule has 0 bridgehead atoms. The lowest BCUT2D eigenvalue weighted by Gasteiger charge is -2.16. The van der Waals surface area contributed by atoms with Crippen LogP contribution in [0.4, 0.5) is 11.6 Å². The first-order valence-corrected chi connectivity index (χ1v) is 6.76. The van der Waals surface area contributed by atoms with Gasteiger partial charge in [0.15, 0.2) is 0 Å². The number of anilines is 2. The Kier molecular flexibility index (Phi) is 3.86. The van der Waals surface area contributed by atoms with E-state index >= 15 is 0 Å². The van der Waals surface area contributed by atoms with Crippen LogP contribution in [0.15, 0.2) is 30.7 Å². The van der Waals surface area contributed by atoms with Gasteiger partial charge >= 0.3 is 0 Å². The zero-order valence-electron chi connectivity index (χ0n) is 11.7. The second kappa shape index (κ2) is 5.96. The van der Waals surface area contributed by atoms with E-state index in [-0.39, 0.29) is 19.2 Å². The molecule has 3 rings (SSSR count). The molecule has 0 amide bonds. The van der Waals surface area contributed by atoms with Crippen LogP contribution in [0, 0.1) is 0 Å². The maximum Gasteiger partial charge on any atom is 0.220 e. The third kappa shape index (κ3) is 2.57. The minimum atomic E-state index is -0.455. The first-order valence-electron chi connectivity index (χ1n) is 6.76. The maximum absolute atomic E-state index is 9.25. The number of rotatable bonds is 5. The first-order chi connectivity index (χ1) is 10.7. The topological polar surface area (TPSA) is 133 Å². The lowest BCUT2D eigenvalue weighted by molar-refractivity contribution is 0.204. The van der Waals surface area contributed by atoms with Crippen molar-refractivity contribution in [1.82, 2.24) is 19.9 Å². The average molecular weight is 300 g/mol. The van der Waals surface area contributed by atoms with Crippen molar-refractivity contribution in [3.8, 4) is 11.3 Å². The number of nitrogens with two attached hydrogens (primary N) is 1. The van der Waals surface area contributed by atoms with E-state index in [9.17, 15) is 10.2 Å². The van der Waals surface area contributed by atoms with E-state index < -0.39 is 6.04 Å². The SMILES string of the molecule is Nc1nccc(-c2c[nH]c3nccc(NC(CO)CO)c23)n1. The summed E-state index contributed by atoms with van der Waals surface area (Å²) in [6.45, 7) is -0.360. The Morgan fingerprint density at radius 2 is 1.95 bits per heavy atom. The number of pyridine rings is 1. The third-order valence-corrected chi connectivity index (χ3v) is 3.32. The largest absolute Gasteiger partial charge is 0.394 e. The van der Waals surface area contributed by atoms with Gasteiger partial charge in [0.2, 0.25) is 5.95 Å². The fourth-order valence-electron chi connectivity index (χ4n) is 2.27. The highest BCUT2D eigenvalue weighted by Gasteiger charge is 2.15. The molecule has 8 nitrogen and oxygen atoms in total. The maximum atomic E-state index is 9.25. The Morgan fingerprint density at radius 1 is 1.18 bits per heavy atom. The molecule has 3 aromatic rings. The van der Waals surface area contributed by atoms with E-state index in [1.807, 2.05) is 0 Å². The molecule has 0 radical (unpaired) electrons. The van der Waals surface area contributed by atoms with Crippen molar-refractivity contribution in [3.05, 3.63) is 30.7 Å². The quantitative estimate of drug-likeness (QED) is 0.459. The number of aromatic amines is 1. The normalized spacial score (nSPS) is 11.2. The summed E-state index contributed by atoms with van der Waals surface area (Å²) in [6, 6.07) is 3.08. The molecule has 0 saturated heterocycles. The van der Waals surface area contributed by atoms with Gasteiger partial charge in [-0.1, -0.05) is 0 Å². The highest BCUT2D eigenvalue weighted by Crippen LogP contribution is 2.32. The lowest BCUT2D eigenvalue weighted by Crippen LogP contribution is -2.27. The number of aliphatic hydroxyl groups excluding tert-OH is 2. The summed E-state index contributed by atoms with van der Waals surface area (Å²) in [4.78, 5) is 15.5. The summed E-state index contributed by atoms with van der Waals surface area (Å²) in [5.41, 5.74) is 8.54. The summed E-state index contributed by atoms with van der Waals surface area (Å²) in [7, 11) is 0. The van der Waals surface area contributed by atoms with Crippen LogP contribution >= 0.6 is 0 Å². The van der Waals surface area contributed by atoms with Crippen LogP contribution in [0.1, 0.15) is 0 Å². The van der Waals surface area contributed by atoms with Gasteiger partial charge in [-0.3, -0.25) is 0 Å². The Hall–Kier alpha value is -2.71. The van der Waals surface area contributed by atoms with Crippen LogP contribution in [0.5, 0.6) is 0 Å². The predicted octanol–water partition coefficient (Wildman–Crippen LogP) is 0.367. The zero-order valence-corrected chi connectivity index (χ0v) is 11.7. The number of aromatic nitrogens is 4. The Labute approximate surface area is 126 Å². The van der Waals surface area contributed by atoms with E-state index in [2.05, 4.69) is 25.3 Å². The second-order valence-corrected chi connectivity index (χ2v) is 4.79. The molecule has 0 unspecified atom stereocenters. The number of fused-ring (bicyclic) bond motifs is 1. The molecular formula is C14H16N6O2. The number of aliphatic hydroxyl groups is 2. The van der Waals surface area contributed by atoms with Gasteiger partial charge < -0.3 is 26.2 Å². The molecule has 0 aliphatic rings. The first kappa shape index (κ1) is 14.2. The molecule has 0 saturated carbocycles. The molecule has 6 N–H and O–H groups in total. The van der Waals surface area contributed by atoms with Crippen LogP contribution in [-0.2, 0) is 0 Å². The van der Waals surface area contributed by atoms with Crippen LogP contribution in [-0.4, -0.2) is 49.4 Å². The average Bonchev–Trinajstić information content (AvgIpc) is 2.97. The van der Waals surface area contributed by atoms with Gasteiger partial charge in [0, 0.05) is 29.8 Å². The van der Waals surface area contributed by atoms with E-state index in [0.29, 0.717) is 11.3 Å². The van der Waals surface area contributed by atoms with Gasteiger partial charge in [-0.15, -0.1) is 0 Å². The monoisotopic (exact) mass is 300 g/mol. The third-order valence-electron chi connectivity index (χ3n) is 3.32. The van der Waals surface area contributed by atoms with Crippen molar-refractivity contribution in [1.29, 1.82) is 0 Å². The van der Waals surface area contributed by atoms with Gasteiger partial charge in [0.05, 0.1) is 30.3 Å². The number of nitrogens with zero attached hydrogens (tertiary/aromatic N) is 3. The minimum Gasteiger partial charge on any atom is -0.394 e. The summed E-state index contributed by atoms with van der Waals surface area (Å²) in [5, 5.41) is 22.4. The smallest absolute Gasteiger partial charge is 0.220 e. The van der Waals surface area contributed by atoms with Gasteiger partial charge in [0.1, 0.15) is 5.65 Å². The second-order valence-electron chi connectivity index (χ2n) is 4.79. The standard InChI is InChI=1S/C14H16N6O2/c15-14-17-4-1-10(20-14)9-5-18-13-12(9)11(2-3-16-13)19-8(6-21)7-22/h1-5,8,21-22H,6-7H2,(H2,15,17,20)(H2,16,18,19). The van der Waals surface area contributed by atoms with Gasteiger partial charge in [0.25, 0.3) is 0 Å². The van der Waals surface area contributed by atoms with Gasteiger partial charge in [-0.25, -0.2) is 15.0 Å². The van der Waals surface area contributed by atoms with Crippen molar-refractivity contribution < 1.29 is 10.2 Å². The Morgan fingerprint density at radius 3 is 2.68 bits per heavy atom. The molecule has 0 fully saturated rings. The molecule has 0 atom stereocenters. The summed E-state index contributed by atoms with van der Waals surface area (Å²) in [5.74, 6) is 0.189. The van der Waals surface area contributed by atoms with Crippen molar-refractivity contribution >= 4 is 22.7 Å². The molecule has 3 aromatic heterocycles.